The van der Waals surface area contributed by atoms with Crippen LogP contribution in [-0.4, -0.2) is 19.3 Å². The summed E-state index contributed by atoms with van der Waals surface area (Å²) in [7, 11) is 0. The molecule has 0 radical (unpaired) electrons. The lowest BCUT2D eigenvalue weighted by Crippen LogP contribution is -2.41. The number of rotatable bonds is 0. The third-order valence-electron chi connectivity index (χ3n) is 1.20. The summed E-state index contributed by atoms with van der Waals surface area (Å²) in [6, 6.07) is 0. The summed E-state index contributed by atoms with van der Waals surface area (Å²) >= 11 is 0. The first-order valence-corrected chi connectivity index (χ1v) is 2.88. The molecule has 1 aliphatic rings. The zero-order chi connectivity index (χ0) is 7.61. The zero-order valence-corrected chi connectivity index (χ0v) is 5.13. The van der Waals surface area contributed by atoms with Gasteiger partial charge in [0.25, 0.3) is 0 Å². The molecule has 0 aromatic rings. The van der Waals surface area contributed by atoms with Crippen LogP contribution in [0.5, 0.6) is 0 Å². The Hall–Kier alpha value is -0.690. The molecular formula is C6H6F3N. The van der Waals surface area contributed by atoms with Gasteiger partial charge in [-0.3, -0.25) is 0 Å². The maximum absolute atomic E-state index is 11.4. The van der Waals surface area contributed by atoms with Crippen LogP contribution >= 0.6 is 0 Å². The lowest BCUT2D eigenvalue weighted by Gasteiger charge is -2.21. The minimum absolute atomic E-state index is 0.0957. The van der Waals surface area contributed by atoms with Gasteiger partial charge in [0, 0.05) is 24.9 Å². The van der Waals surface area contributed by atoms with Gasteiger partial charge in [-0.25, -0.2) is 0 Å². The number of hydrogen-bond acceptors (Lipinski definition) is 1. The summed E-state index contributed by atoms with van der Waals surface area (Å²) in [6.07, 6.45) is -4.32. The Kier molecular flexibility index (Phi) is 1.86. The van der Waals surface area contributed by atoms with Gasteiger partial charge in [0.1, 0.15) is 0 Å². The fourth-order valence-corrected chi connectivity index (χ4v) is 0.575. The number of alkyl halides is 3. The Labute approximate surface area is 56.6 Å². The predicted molar refractivity (Wildman–Crippen MR) is 30.2 cm³/mol. The van der Waals surface area contributed by atoms with E-state index >= 15 is 0 Å². The second-order valence-corrected chi connectivity index (χ2v) is 2.12. The van der Waals surface area contributed by atoms with E-state index in [1.54, 1.807) is 0 Å². The minimum atomic E-state index is -4.32. The third-order valence-corrected chi connectivity index (χ3v) is 1.20. The Balaban J connectivity index is 2.37. The molecule has 1 aliphatic heterocycles. The van der Waals surface area contributed by atoms with E-state index in [-0.39, 0.29) is 5.92 Å². The Morgan fingerprint density at radius 2 is 1.90 bits per heavy atom. The van der Waals surface area contributed by atoms with Crippen LogP contribution < -0.4 is 5.32 Å². The Morgan fingerprint density at radius 3 is 2.20 bits per heavy atom. The molecule has 0 unspecified atom stereocenters. The topological polar surface area (TPSA) is 12.0 Å². The molecule has 1 fully saturated rings. The second-order valence-electron chi connectivity index (χ2n) is 2.12. The first kappa shape index (κ1) is 7.42. The summed E-state index contributed by atoms with van der Waals surface area (Å²) in [5.74, 6) is 3.26. The highest BCUT2D eigenvalue weighted by atomic mass is 19.4. The molecule has 10 heavy (non-hydrogen) atoms. The molecule has 0 amide bonds. The van der Waals surface area contributed by atoms with Crippen LogP contribution in [0.25, 0.3) is 0 Å². The standard InChI is InChI=1S/C6H6F3N/c7-6(8,9)2-1-5-3-10-4-5/h5,10H,3-4H2. The van der Waals surface area contributed by atoms with Gasteiger partial charge in [0.15, 0.2) is 0 Å². The van der Waals surface area contributed by atoms with E-state index in [0.29, 0.717) is 13.1 Å². The highest BCUT2D eigenvalue weighted by molar-refractivity contribution is 5.11. The van der Waals surface area contributed by atoms with E-state index in [9.17, 15) is 13.2 Å². The predicted octanol–water partition coefficient (Wildman–Crippen LogP) is 0.771. The monoisotopic (exact) mass is 149 g/mol. The maximum atomic E-state index is 11.4. The quantitative estimate of drug-likeness (QED) is 0.501. The molecule has 0 spiro atoms. The maximum Gasteiger partial charge on any atom is 0.457 e. The fourth-order valence-electron chi connectivity index (χ4n) is 0.575. The average molecular weight is 149 g/mol. The van der Waals surface area contributed by atoms with Gasteiger partial charge in [0.2, 0.25) is 0 Å². The average Bonchev–Trinajstić information content (AvgIpc) is 1.56. The summed E-state index contributed by atoms with van der Waals surface area (Å²) in [5, 5.41) is 2.83. The van der Waals surface area contributed by atoms with E-state index in [0.717, 1.165) is 0 Å². The molecule has 0 aromatic carbocycles. The summed E-state index contributed by atoms with van der Waals surface area (Å²) in [4.78, 5) is 0. The second kappa shape index (κ2) is 2.51. The van der Waals surface area contributed by atoms with E-state index in [1.165, 1.54) is 5.92 Å². The molecule has 0 aromatic heterocycles. The van der Waals surface area contributed by atoms with Gasteiger partial charge in [-0.05, 0) is 0 Å². The van der Waals surface area contributed by atoms with Gasteiger partial charge in [-0.2, -0.15) is 13.2 Å². The van der Waals surface area contributed by atoms with Crippen molar-refractivity contribution < 1.29 is 13.2 Å². The van der Waals surface area contributed by atoms with Gasteiger partial charge < -0.3 is 5.32 Å². The van der Waals surface area contributed by atoms with Crippen molar-refractivity contribution in [2.24, 2.45) is 5.92 Å². The first-order chi connectivity index (χ1) is 4.58. The first-order valence-electron chi connectivity index (χ1n) is 2.88. The molecule has 1 heterocycles. The molecule has 4 heteroatoms. The number of hydrogen-bond donors (Lipinski definition) is 1. The molecule has 0 aliphatic carbocycles. The van der Waals surface area contributed by atoms with Gasteiger partial charge in [-0.15, -0.1) is 0 Å². The smallest absolute Gasteiger partial charge is 0.314 e. The van der Waals surface area contributed by atoms with Crippen LogP contribution in [0.15, 0.2) is 0 Å². The van der Waals surface area contributed by atoms with Crippen molar-refractivity contribution in [3.05, 3.63) is 0 Å². The lowest BCUT2D eigenvalue weighted by atomic mass is 10.1. The van der Waals surface area contributed by atoms with Crippen LogP contribution in [-0.2, 0) is 0 Å². The van der Waals surface area contributed by atoms with Gasteiger partial charge >= 0.3 is 6.18 Å². The molecule has 1 N–H and O–H groups in total. The SMILES string of the molecule is FC(F)(F)C#CC1CNC1. The molecule has 56 valence electrons. The van der Waals surface area contributed by atoms with Gasteiger partial charge in [-0.1, -0.05) is 5.92 Å². The molecule has 0 saturated carbocycles. The molecule has 1 rings (SSSR count). The Bertz CT molecular complexity index is 170. The zero-order valence-electron chi connectivity index (χ0n) is 5.13. The van der Waals surface area contributed by atoms with E-state index in [4.69, 9.17) is 0 Å². The highest BCUT2D eigenvalue weighted by Crippen LogP contribution is 2.13. The molecular weight excluding hydrogens is 143 g/mol. The van der Waals surface area contributed by atoms with Crippen LogP contribution in [0.4, 0.5) is 13.2 Å². The normalized spacial score (nSPS) is 19.1. The molecule has 1 saturated heterocycles. The third kappa shape index (κ3) is 2.28. The summed E-state index contributed by atoms with van der Waals surface area (Å²) in [5.41, 5.74) is 0. The minimum Gasteiger partial charge on any atom is -0.314 e. The van der Waals surface area contributed by atoms with Crippen molar-refractivity contribution in [3.63, 3.8) is 0 Å². The number of nitrogens with one attached hydrogen (secondary N) is 1. The fraction of sp³-hybridized carbons (Fsp3) is 0.667. The van der Waals surface area contributed by atoms with E-state index in [2.05, 4.69) is 11.2 Å². The molecule has 1 nitrogen and oxygen atoms in total. The van der Waals surface area contributed by atoms with Crippen molar-refractivity contribution in [1.82, 2.24) is 5.32 Å². The lowest BCUT2D eigenvalue weighted by molar-refractivity contribution is -0.0698. The summed E-state index contributed by atoms with van der Waals surface area (Å²) < 4.78 is 34.1. The van der Waals surface area contributed by atoms with E-state index in [1.807, 2.05) is 0 Å². The molecule has 0 bridgehead atoms. The highest BCUT2D eigenvalue weighted by Gasteiger charge is 2.24. The van der Waals surface area contributed by atoms with Gasteiger partial charge in [0.05, 0.1) is 0 Å². The number of halogens is 3. The van der Waals surface area contributed by atoms with Crippen molar-refractivity contribution in [2.45, 2.75) is 6.18 Å². The molecule has 0 atom stereocenters. The van der Waals surface area contributed by atoms with Crippen LogP contribution in [0.2, 0.25) is 0 Å². The van der Waals surface area contributed by atoms with Crippen molar-refractivity contribution in [2.75, 3.05) is 13.1 Å². The van der Waals surface area contributed by atoms with E-state index < -0.39 is 6.18 Å². The van der Waals surface area contributed by atoms with Crippen LogP contribution in [0, 0.1) is 17.8 Å². The van der Waals surface area contributed by atoms with Crippen molar-refractivity contribution in [1.29, 1.82) is 0 Å². The Morgan fingerprint density at radius 1 is 1.30 bits per heavy atom. The van der Waals surface area contributed by atoms with Crippen molar-refractivity contribution >= 4 is 0 Å². The summed E-state index contributed by atoms with van der Waals surface area (Å²) in [6.45, 7) is 1.17. The van der Waals surface area contributed by atoms with Crippen molar-refractivity contribution in [3.8, 4) is 11.8 Å². The van der Waals surface area contributed by atoms with Crippen LogP contribution in [0.3, 0.4) is 0 Å². The largest absolute Gasteiger partial charge is 0.457 e. The van der Waals surface area contributed by atoms with Crippen LogP contribution in [0.1, 0.15) is 0 Å².